The first-order chi connectivity index (χ1) is 12.1. The number of rotatable bonds is 7. The van der Waals surface area contributed by atoms with Crippen LogP contribution >= 0.6 is 0 Å². The highest BCUT2D eigenvalue weighted by Gasteiger charge is 2.36. The van der Waals surface area contributed by atoms with Crippen LogP contribution in [0.1, 0.15) is 51.5 Å². The van der Waals surface area contributed by atoms with Gasteiger partial charge in [0, 0.05) is 25.6 Å². The summed E-state index contributed by atoms with van der Waals surface area (Å²) in [5, 5.41) is 6.75. The summed E-state index contributed by atoms with van der Waals surface area (Å²) >= 11 is 0. The van der Waals surface area contributed by atoms with Crippen molar-refractivity contribution in [3.8, 4) is 0 Å². The molecule has 148 valence electrons. The molecule has 0 radical (unpaired) electrons. The van der Waals surface area contributed by atoms with Crippen molar-refractivity contribution in [3.63, 3.8) is 0 Å². The Morgan fingerprint density at radius 1 is 1.27 bits per heavy atom. The number of carbonyl (C=O) groups excluding carboxylic acids is 1. The van der Waals surface area contributed by atoms with Gasteiger partial charge in [0.2, 0.25) is 15.9 Å². The van der Waals surface area contributed by atoms with Crippen LogP contribution < -0.4 is 5.32 Å². The van der Waals surface area contributed by atoms with Crippen molar-refractivity contribution in [1.29, 1.82) is 0 Å². The van der Waals surface area contributed by atoms with Crippen molar-refractivity contribution in [2.24, 2.45) is 17.8 Å². The van der Waals surface area contributed by atoms with Crippen LogP contribution in [0.5, 0.6) is 0 Å². The van der Waals surface area contributed by atoms with E-state index >= 15 is 0 Å². The Balaban J connectivity index is 1.93. The van der Waals surface area contributed by atoms with Crippen LogP contribution in [0.2, 0.25) is 0 Å². The molecule has 1 amide bonds. The number of aryl methyl sites for hydroxylation is 2. The molecule has 2 rings (SSSR count). The zero-order valence-electron chi connectivity index (χ0n) is 16.4. The number of amides is 1. The summed E-state index contributed by atoms with van der Waals surface area (Å²) in [6, 6.07) is 0. The summed E-state index contributed by atoms with van der Waals surface area (Å²) in [6.45, 7) is 11.0. The molecule has 0 saturated carbocycles. The summed E-state index contributed by atoms with van der Waals surface area (Å²) in [4.78, 5) is 12.5. The van der Waals surface area contributed by atoms with Crippen LogP contribution in [0.15, 0.2) is 9.42 Å². The molecule has 8 heteroatoms. The van der Waals surface area contributed by atoms with Crippen molar-refractivity contribution in [2.75, 3.05) is 19.6 Å². The third-order valence-electron chi connectivity index (χ3n) is 5.21. The number of carbonyl (C=O) groups is 1. The molecule has 0 aliphatic carbocycles. The van der Waals surface area contributed by atoms with Gasteiger partial charge < -0.3 is 9.84 Å². The molecule has 1 aliphatic heterocycles. The minimum absolute atomic E-state index is 0.0673. The Kier molecular flexibility index (Phi) is 6.85. The van der Waals surface area contributed by atoms with Gasteiger partial charge in [-0.15, -0.1) is 0 Å². The minimum atomic E-state index is -3.60. The fraction of sp³-hybridized carbons (Fsp3) is 0.778. The van der Waals surface area contributed by atoms with Gasteiger partial charge in [-0.05, 0) is 44.9 Å². The molecule has 1 atom stereocenters. The van der Waals surface area contributed by atoms with Crippen LogP contribution in [0.4, 0.5) is 0 Å². The molecular formula is C18H31N3O4S. The van der Waals surface area contributed by atoms with Crippen LogP contribution in [0.3, 0.4) is 0 Å². The predicted molar refractivity (Wildman–Crippen MR) is 99.1 cm³/mol. The molecule has 0 spiro atoms. The van der Waals surface area contributed by atoms with E-state index in [1.54, 1.807) is 13.8 Å². The van der Waals surface area contributed by atoms with Crippen molar-refractivity contribution >= 4 is 15.9 Å². The third-order valence-corrected chi connectivity index (χ3v) is 7.35. The van der Waals surface area contributed by atoms with E-state index < -0.39 is 10.0 Å². The van der Waals surface area contributed by atoms with Gasteiger partial charge in [0.15, 0.2) is 5.76 Å². The maximum atomic E-state index is 12.9. The van der Waals surface area contributed by atoms with Crippen LogP contribution in [0, 0.1) is 31.6 Å². The molecule has 26 heavy (non-hydrogen) atoms. The Morgan fingerprint density at radius 3 is 2.38 bits per heavy atom. The smallest absolute Gasteiger partial charge is 0.248 e. The molecule has 7 nitrogen and oxygen atoms in total. The zero-order chi connectivity index (χ0) is 19.5. The van der Waals surface area contributed by atoms with Crippen molar-refractivity contribution in [2.45, 2.75) is 58.8 Å². The molecule has 1 aromatic rings. The Hall–Kier alpha value is -1.41. The molecule has 0 unspecified atom stereocenters. The summed E-state index contributed by atoms with van der Waals surface area (Å²) in [5.41, 5.74) is 0.391. The monoisotopic (exact) mass is 385 g/mol. The Bertz CT molecular complexity index is 699. The molecule has 0 aromatic carbocycles. The highest BCUT2D eigenvalue weighted by molar-refractivity contribution is 7.89. The van der Waals surface area contributed by atoms with Crippen LogP contribution in [-0.4, -0.2) is 43.4 Å². The number of sulfonamides is 1. The lowest BCUT2D eigenvalue weighted by molar-refractivity contribution is -0.126. The van der Waals surface area contributed by atoms with Gasteiger partial charge in [0.05, 0.1) is 0 Å². The first-order valence-corrected chi connectivity index (χ1v) is 10.8. The van der Waals surface area contributed by atoms with E-state index in [1.807, 2.05) is 6.92 Å². The fourth-order valence-corrected chi connectivity index (χ4v) is 5.21. The number of hydrogen-bond donors (Lipinski definition) is 1. The average molecular weight is 386 g/mol. The number of nitrogens with one attached hydrogen (secondary N) is 1. The van der Waals surface area contributed by atoms with Gasteiger partial charge in [0.25, 0.3) is 0 Å². The topological polar surface area (TPSA) is 92.5 Å². The maximum absolute atomic E-state index is 12.9. The average Bonchev–Trinajstić information content (AvgIpc) is 2.93. The van der Waals surface area contributed by atoms with E-state index in [2.05, 4.69) is 24.3 Å². The number of nitrogens with zero attached hydrogens (tertiary/aromatic N) is 2. The lowest BCUT2D eigenvalue weighted by Crippen LogP contribution is -2.43. The standard InChI is InChI=1S/C18H31N3O4S/c1-12(2)6-9-19-18(22)13(3)16-7-10-21(11-8-16)26(23,24)17-14(4)20-25-15(17)5/h12-13,16H,6-11H2,1-5H3,(H,19,22)/t13-/m0/s1. The quantitative estimate of drug-likeness (QED) is 0.778. The van der Waals surface area contributed by atoms with Gasteiger partial charge >= 0.3 is 0 Å². The SMILES string of the molecule is Cc1noc(C)c1S(=O)(=O)N1CCC([C@H](C)C(=O)NCCC(C)C)CC1. The van der Waals surface area contributed by atoms with Gasteiger partial charge in [-0.1, -0.05) is 25.9 Å². The first-order valence-electron chi connectivity index (χ1n) is 9.35. The summed E-state index contributed by atoms with van der Waals surface area (Å²) in [6.07, 6.45) is 2.33. The molecule has 1 aromatic heterocycles. The molecule has 0 bridgehead atoms. The van der Waals surface area contributed by atoms with Crippen LogP contribution in [-0.2, 0) is 14.8 Å². The van der Waals surface area contributed by atoms with Gasteiger partial charge in [-0.2, -0.15) is 4.31 Å². The number of piperidine rings is 1. The largest absolute Gasteiger partial charge is 0.360 e. The molecule has 1 N–H and O–H groups in total. The summed E-state index contributed by atoms with van der Waals surface area (Å²) in [7, 11) is -3.60. The third kappa shape index (κ3) is 4.65. The van der Waals surface area contributed by atoms with Gasteiger partial charge in [-0.3, -0.25) is 4.79 Å². The van der Waals surface area contributed by atoms with E-state index in [4.69, 9.17) is 4.52 Å². The van der Waals surface area contributed by atoms with E-state index in [1.165, 1.54) is 4.31 Å². The second kappa shape index (κ2) is 8.52. The lowest BCUT2D eigenvalue weighted by atomic mass is 9.85. The Morgan fingerprint density at radius 2 is 1.88 bits per heavy atom. The highest BCUT2D eigenvalue weighted by Crippen LogP contribution is 2.30. The van der Waals surface area contributed by atoms with Crippen molar-refractivity contribution < 1.29 is 17.7 Å². The predicted octanol–water partition coefficient (Wildman–Crippen LogP) is 2.49. The maximum Gasteiger partial charge on any atom is 0.248 e. The zero-order valence-corrected chi connectivity index (χ0v) is 17.2. The number of aromatic nitrogens is 1. The second-order valence-corrected chi connectivity index (χ2v) is 9.53. The normalized spacial score (nSPS) is 18.2. The second-order valence-electron chi connectivity index (χ2n) is 7.66. The van der Waals surface area contributed by atoms with E-state index in [0.29, 0.717) is 49.8 Å². The van der Waals surface area contributed by atoms with Crippen molar-refractivity contribution in [1.82, 2.24) is 14.8 Å². The van der Waals surface area contributed by atoms with E-state index in [-0.39, 0.29) is 22.6 Å². The molecule has 1 fully saturated rings. The Labute approximate surface area is 156 Å². The molecule has 1 aliphatic rings. The number of hydrogen-bond acceptors (Lipinski definition) is 5. The molecule has 1 saturated heterocycles. The van der Waals surface area contributed by atoms with Crippen molar-refractivity contribution in [3.05, 3.63) is 11.5 Å². The van der Waals surface area contributed by atoms with E-state index in [9.17, 15) is 13.2 Å². The lowest BCUT2D eigenvalue weighted by Gasteiger charge is -2.33. The first kappa shape index (κ1) is 20.9. The minimum Gasteiger partial charge on any atom is -0.360 e. The highest BCUT2D eigenvalue weighted by atomic mass is 32.2. The molecule has 2 heterocycles. The fourth-order valence-electron chi connectivity index (χ4n) is 3.45. The van der Waals surface area contributed by atoms with E-state index in [0.717, 1.165) is 6.42 Å². The summed E-state index contributed by atoms with van der Waals surface area (Å²) in [5.74, 6) is 1.04. The van der Waals surface area contributed by atoms with Crippen LogP contribution in [0.25, 0.3) is 0 Å². The summed E-state index contributed by atoms with van der Waals surface area (Å²) < 4.78 is 32.2. The molecular weight excluding hydrogens is 354 g/mol. The van der Waals surface area contributed by atoms with Gasteiger partial charge in [-0.25, -0.2) is 8.42 Å². The van der Waals surface area contributed by atoms with Gasteiger partial charge in [0.1, 0.15) is 10.6 Å².